The molecule has 0 radical (unpaired) electrons. The van der Waals surface area contributed by atoms with Crippen LogP contribution < -0.4 is 10.2 Å². The molecule has 2 aromatic carbocycles. The highest BCUT2D eigenvalue weighted by Gasteiger charge is 2.37. The molecule has 1 heterocycles. The molecule has 4 amide bonds. The molecule has 132 valence electrons. The van der Waals surface area contributed by atoms with Crippen LogP contribution in [-0.4, -0.2) is 17.8 Å². The zero-order chi connectivity index (χ0) is 19.0. The Morgan fingerprint density at radius 3 is 2.12 bits per heavy atom. The van der Waals surface area contributed by atoms with Gasteiger partial charge in [-0.3, -0.25) is 14.9 Å². The van der Waals surface area contributed by atoms with Crippen molar-refractivity contribution in [1.82, 2.24) is 5.32 Å². The number of amides is 4. The Morgan fingerprint density at radius 1 is 0.885 bits per heavy atom. The summed E-state index contributed by atoms with van der Waals surface area (Å²) in [4.78, 5) is 38.6. The molecular weight excluding hydrogens is 328 g/mol. The molecule has 5 heteroatoms. The lowest BCUT2D eigenvalue weighted by atomic mass is 9.96. The van der Waals surface area contributed by atoms with Gasteiger partial charge in [-0.1, -0.05) is 35.9 Å². The number of para-hydroxylation sites is 1. The number of rotatable bonds is 2. The van der Waals surface area contributed by atoms with Gasteiger partial charge in [0.2, 0.25) is 0 Å². The third-order valence-electron chi connectivity index (χ3n) is 4.48. The van der Waals surface area contributed by atoms with Gasteiger partial charge in [0, 0.05) is 0 Å². The van der Waals surface area contributed by atoms with Crippen LogP contribution in [0, 0.1) is 27.7 Å². The first-order chi connectivity index (χ1) is 12.3. The number of urea groups is 1. The lowest BCUT2D eigenvalue weighted by molar-refractivity contribution is -0.122. The predicted molar refractivity (Wildman–Crippen MR) is 101 cm³/mol. The normalized spacial score (nSPS) is 16.2. The van der Waals surface area contributed by atoms with Crippen LogP contribution in [0.25, 0.3) is 6.08 Å². The molecule has 3 rings (SSSR count). The van der Waals surface area contributed by atoms with E-state index in [1.165, 1.54) is 0 Å². The van der Waals surface area contributed by atoms with E-state index >= 15 is 0 Å². The monoisotopic (exact) mass is 348 g/mol. The van der Waals surface area contributed by atoms with E-state index in [0.717, 1.165) is 32.7 Å². The maximum atomic E-state index is 13.0. The standard InChI is InChI=1S/C21H20N2O3/c1-12-9-14(3)16(15(4)10-12)11-17-19(24)22-21(26)23(20(17)25)18-8-6-5-7-13(18)2/h5-11H,1-4H3,(H,22,24,26)/b17-11-. The minimum Gasteiger partial charge on any atom is -0.273 e. The summed E-state index contributed by atoms with van der Waals surface area (Å²) in [6, 6.07) is 10.3. The molecular formula is C21H20N2O3. The van der Waals surface area contributed by atoms with E-state index in [4.69, 9.17) is 0 Å². The van der Waals surface area contributed by atoms with Gasteiger partial charge in [0.1, 0.15) is 5.57 Å². The minimum atomic E-state index is -0.733. The summed E-state index contributed by atoms with van der Waals surface area (Å²) in [5, 5.41) is 2.27. The van der Waals surface area contributed by atoms with Crippen LogP contribution in [0.15, 0.2) is 42.0 Å². The fraction of sp³-hybridized carbons (Fsp3) is 0.190. The molecule has 0 saturated carbocycles. The predicted octanol–water partition coefficient (Wildman–Crippen LogP) is 3.59. The van der Waals surface area contributed by atoms with Crippen molar-refractivity contribution in [2.24, 2.45) is 0 Å². The van der Waals surface area contributed by atoms with Crippen molar-refractivity contribution in [3.63, 3.8) is 0 Å². The number of barbiturate groups is 1. The number of carbonyl (C=O) groups is 3. The summed E-state index contributed by atoms with van der Waals surface area (Å²) in [5.74, 6) is -1.29. The summed E-state index contributed by atoms with van der Waals surface area (Å²) in [5.41, 5.74) is 5.04. The van der Waals surface area contributed by atoms with Gasteiger partial charge in [0.05, 0.1) is 5.69 Å². The molecule has 2 aromatic rings. The van der Waals surface area contributed by atoms with Crippen molar-refractivity contribution < 1.29 is 14.4 Å². The zero-order valence-corrected chi connectivity index (χ0v) is 15.2. The van der Waals surface area contributed by atoms with E-state index in [2.05, 4.69) is 5.32 Å². The van der Waals surface area contributed by atoms with Crippen LogP contribution >= 0.6 is 0 Å². The maximum absolute atomic E-state index is 13.0. The molecule has 0 bridgehead atoms. The lowest BCUT2D eigenvalue weighted by Crippen LogP contribution is -2.54. The molecule has 1 fully saturated rings. The molecule has 0 spiro atoms. The van der Waals surface area contributed by atoms with Gasteiger partial charge in [-0.25, -0.2) is 9.69 Å². The second-order valence-electron chi connectivity index (χ2n) is 6.56. The molecule has 0 unspecified atom stereocenters. The molecule has 0 aliphatic carbocycles. The van der Waals surface area contributed by atoms with E-state index in [0.29, 0.717) is 5.69 Å². The number of imide groups is 2. The van der Waals surface area contributed by atoms with Gasteiger partial charge in [0.25, 0.3) is 11.8 Å². The number of carbonyl (C=O) groups excluding carboxylic acids is 3. The van der Waals surface area contributed by atoms with Gasteiger partial charge >= 0.3 is 6.03 Å². The number of anilines is 1. The minimum absolute atomic E-state index is 0.0529. The van der Waals surface area contributed by atoms with Gasteiger partial charge in [0.15, 0.2) is 0 Å². The van der Waals surface area contributed by atoms with Crippen LogP contribution in [0.3, 0.4) is 0 Å². The van der Waals surface area contributed by atoms with Gasteiger partial charge in [-0.15, -0.1) is 0 Å². The van der Waals surface area contributed by atoms with Gasteiger partial charge in [-0.2, -0.15) is 0 Å². The molecule has 26 heavy (non-hydrogen) atoms. The second kappa shape index (κ2) is 6.59. The Kier molecular flexibility index (Phi) is 4.47. The summed E-state index contributed by atoms with van der Waals surface area (Å²) in [6.07, 6.45) is 1.57. The van der Waals surface area contributed by atoms with Crippen molar-refractivity contribution in [2.75, 3.05) is 4.90 Å². The van der Waals surface area contributed by atoms with Gasteiger partial charge < -0.3 is 0 Å². The highest BCUT2D eigenvalue weighted by atomic mass is 16.2. The molecule has 1 aliphatic rings. The average molecular weight is 348 g/mol. The van der Waals surface area contributed by atoms with Crippen LogP contribution in [0.4, 0.5) is 10.5 Å². The molecule has 1 saturated heterocycles. The first-order valence-electron chi connectivity index (χ1n) is 8.34. The summed E-state index contributed by atoms with van der Waals surface area (Å²) < 4.78 is 0. The Morgan fingerprint density at radius 2 is 1.50 bits per heavy atom. The third kappa shape index (κ3) is 3.04. The summed E-state index contributed by atoms with van der Waals surface area (Å²) in [7, 11) is 0. The number of benzene rings is 2. The molecule has 5 nitrogen and oxygen atoms in total. The zero-order valence-electron chi connectivity index (χ0n) is 15.2. The highest BCUT2D eigenvalue weighted by molar-refractivity contribution is 6.39. The van der Waals surface area contributed by atoms with Crippen LogP contribution in [-0.2, 0) is 9.59 Å². The first-order valence-corrected chi connectivity index (χ1v) is 8.34. The largest absolute Gasteiger partial charge is 0.335 e. The average Bonchev–Trinajstić information content (AvgIpc) is 2.54. The number of hydrogen-bond acceptors (Lipinski definition) is 3. The Labute approximate surface area is 152 Å². The van der Waals surface area contributed by atoms with Crippen molar-refractivity contribution in [2.45, 2.75) is 27.7 Å². The summed E-state index contributed by atoms with van der Waals surface area (Å²) >= 11 is 0. The smallest absolute Gasteiger partial charge is 0.273 e. The van der Waals surface area contributed by atoms with E-state index in [1.54, 1.807) is 18.2 Å². The van der Waals surface area contributed by atoms with E-state index in [1.807, 2.05) is 52.0 Å². The fourth-order valence-corrected chi connectivity index (χ4v) is 3.25. The quantitative estimate of drug-likeness (QED) is 0.666. The van der Waals surface area contributed by atoms with E-state index in [9.17, 15) is 14.4 Å². The number of aryl methyl sites for hydroxylation is 4. The van der Waals surface area contributed by atoms with E-state index < -0.39 is 17.8 Å². The third-order valence-corrected chi connectivity index (χ3v) is 4.48. The lowest BCUT2D eigenvalue weighted by Gasteiger charge is -2.27. The molecule has 0 atom stereocenters. The van der Waals surface area contributed by atoms with Crippen molar-refractivity contribution in [3.05, 3.63) is 69.8 Å². The maximum Gasteiger partial charge on any atom is 0.335 e. The van der Waals surface area contributed by atoms with Crippen molar-refractivity contribution in [3.8, 4) is 0 Å². The number of hydrogen-bond donors (Lipinski definition) is 1. The number of nitrogens with one attached hydrogen (secondary N) is 1. The molecule has 1 aliphatic heterocycles. The van der Waals surface area contributed by atoms with E-state index in [-0.39, 0.29) is 5.57 Å². The summed E-state index contributed by atoms with van der Waals surface area (Å²) in [6.45, 7) is 7.67. The fourth-order valence-electron chi connectivity index (χ4n) is 3.25. The van der Waals surface area contributed by atoms with Crippen LogP contribution in [0.2, 0.25) is 0 Å². The second-order valence-corrected chi connectivity index (χ2v) is 6.56. The SMILES string of the molecule is Cc1cc(C)c(/C=C2/C(=O)NC(=O)N(c3ccccc3C)C2=O)c(C)c1. The Hall–Kier alpha value is -3.21. The molecule has 0 aromatic heterocycles. The van der Waals surface area contributed by atoms with Gasteiger partial charge in [-0.05, 0) is 62.1 Å². The molecule has 1 N–H and O–H groups in total. The van der Waals surface area contributed by atoms with Crippen LogP contribution in [0.1, 0.15) is 27.8 Å². The number of nitrogens with zero attached hydrogens (tertiary/aromatic N) is 1. The Balaban J connectivity index is 2.11. The van der Waals surface area contributed by atoms with Crippen molar-refractivity contribution >= 4 is 29.6 Å². The Bertz CT molecular complexity index is 950. The topological polar surface area (TPSA) is 66.5 Å². The van der Waals surface area contributed by atoms with Crippen LogP contribution in [0.5, 0.6) is 0 Å². The highest BCUT2D eigenvalue weighted by Crippen LogP contribution is 2.26. The van der Waals surface area contributed by atoms with Crippen molar-refractivity contribution in [1.29, 1.82) is 0 Å². The first kappa shape index (κ1) is 17.6.